The molecule has 0 fully saturated rings. The number of rotatable bonds is 21. The standard InChI is InChI=1S/C24H49NO2.Na.H/c1-4-6-7-8-9-10-11-12-13-14-15-16-17-18-19-20-21-25-23(24(26)27)22(3)5-2;;/h22-23,25H,4-21H2,1-3H3,(H,26,27);;. The molecule has 0 rings (SSSR count). The van der Waals surface area contributed by atoms with Crippen molar-refractivity contribution in [1.82, 2.24) is 5.32 Å². The minimum atomic E-state index is -0.708. The van der Waals surface area contributed by atoms with Gasteiger partial charge in [0, 0.05) is 0 Å². The van der Waals surface area contributed by atoms with Gasteiger partial charge in [0.15, 0.2) is 0 Å². The minimum absolute atomic E-state index is 0. The van der Waals surface area contributed by atoms with Gasteiger partial charge >= 0.3 is 35.5 Å². The summed E-state index contributed by atoms with van der Waals surface area (Å²) in [6.45, 7) is 7.18. The number of hydrogen-bond acceptors (Lipinski definition) is 2. The molecule has 0 aromatic carbocycles. The monoisotopic (exact) mass is 407 g/mol. The topological polar surface area (TPSA) is 49.3 Å². The third kappa shape index (κ3) is 19.7. The normalized spacial score (nSPS) is 13.1. The average Bonchev–Trinajstić information content (AvgIpc) is 2.66. The molecule has 0 saturated heterocycles. The maximum absolute atomic E-state index is 11.2. The molecule has 0 aliphatic rings. The van der Waals surface area contributed by atoms with Crippen molar-refractivity contribution in [3.05, 3.63) is 0 Å². The van der Waals surface area contributed by atoms with Crippen LogP contribution in [0.2, 0.25) is 0 Å². The van der Waals surface area contributed by atoms with E-state index in [-0.39, 0.29) is 41.5 Å². The first-order valence-electron chi connectivity index (χ1n) is 12.1. The molecule has 0 aliphatic carbocycles. The van der Waals surface area contributed by atoms with E-state index >= 15 is 0 Å². The van der Waals surface area contributed by atoms with Crippen molar-refractivity contribution >= 4 is 35.5 Å². The van der Waals surface area contributed by atoms with Gasteiger partial charge in [-0.3, -0.25) is 4.79 Å². The Hall–Kier alpha value is 0.430. The van der Waals surface area contributed by atoms with Crippen molar-refractivity contribution in [3.8, 4) is 0 Å². The molecule has 0 aliphatic heterocycles. The van der Waals surface area contributed by atoms with Crippen LogP contribution in [-0.2, 0) is 4.79 Å². The Morgan fingerprint density at radius 2 is 1.07 bits per heavy atom. The Bertz CT molecular complexity index is 326. The van der Waals surface area contributed by atoms with Crippen LogP contribution in [0.15, 0.2) is 0 Å². The molecule has 0 radical (unpaired) electrons. The number of aliphatic carboxylic acids is 1. The number of carboxylic acid groups (broad SMARTS) is 1. The van der Waals surface area contributed by atoms with E-state index in [0.29, 0.717) is 0 Å². The summed E-state index contributed by atoms with van der Waals surface area (Å²) in [7, 11) is 0. The van der Waals surface area contributed by atoms with Crippen molar-refractivity contribution in [3.63, 3.8) is 0 Å². The summed E-state index contributed by atoms with van der Waals surface area (Å²) in [5.74, 6) is -0.510. The number of carbonyl (C=O) groups is 1. The van der Waals surface area contributed by atoms with Crippen LogP contribution in [0.1, 0.15) is 130 Å². The van der Waals surface area contributed by atoms with Gasteiger partial charge < -0.3 is 10.4 Å². The molecular weight excluding hydrogens is 357 g/mol. The second-order valence-electron chi connectivity index (χ2n) is 8.46. The van der Waals surface area contributed by atoms with Gasteiger partial charge in [-0.1, -0.05) is 124 Å². The molecular formula is C24H50NNaO2. The van der Waals surface area contributed by atoms with Crippen LogP contribution in [0, 0.1) is 5.92 Å². The molecule has 2 atom stereocenters. The maximum atomic E-state index is 11.2. The molecule has 164 valence electrons. The second-order valence-corrected chi connectivity index (χ2v) is 8.46. The number of carboxylic acids is 1. The summed E-state index contributed by atoms with van der Waals surface area (Å²) in [4.78, 5) is 11.2. The van der Waals surface area contributed by atoms with Crippen LogP contribution >= 0.6 is 0 Å². The van der Waals surface area contributed by atoms with Crippen LogP contribution < -0.4 is 5.32 Å². The van der Waals surface area contributed by atoms with E-state index in [0.717, 1.165) is 19.4 Å². The number of nitrogens with one attached hydrogen (secondary N) is 1. The third-order valence-electron chi connectivity index (χ3n) is 5.87. The Morgan fingerprint density at radius 1 is 0.714 bits per heavy atom. The Morgan fingerprint density at radius 3 is 1.39 bits per heavy atom. The second kappa shape index (κ2) is 23.7. The van der Waals surface area contributed by atoms with E-state index in [2.05, 4.69) is 19.2 Å². The number of unbranched alkanes of at least 4 members (excludes halogenated alkanes) is 15. The van der Waals surface area contributed by atoms with Gasteiger partial charge in [0.1, 0.15) is 6.04 Å². The number of hydrogen-bond donors (Lipinski definition) is 2. The molecule has 0 amide bonds. The van der Waals surface area contributed by atoms with Crippen molar-refractivity contribution in [2.45, 2.75) is 136 Å². The molecule has 0 saturated carbocycles. The summed E-state index contributed by atoms with van der Waals surface area (Å²) in [6, 6.07) is -0.383. The zero-order chi connectivity index (χ0) is 20.2. The zero-order valence-corrected chi connectivity index (χ0v) is 18.7. The zero-order valence-electron chi connectivity index (χ0n) is 18.7. The molecule has 2 unspecified atom stereocenters. The van der Waals surface area contributed by atoms with E-state index < -0.39 is 5.97 Å². The average molecular weight is 408 g/mol. The Labute approximate surface area is 198 Å². The first kappa shape index (κ1) is 30.6. The molecule has 0 bridgehead atoms. The van der Waals surface area contributed by atoms with Crippen molar-refractivity contribution in [2.75, 3.05) is 6.54 Å². The fraction of sp³-hybridized carbons (Fsp3) is 0.958. The summed E-state index contributed by atoms with van der Waals surface area (Å²) >= 11 is 0. The van der Waals surface area contributed by atoms with Gasteiger partial charge in [0.25, 0.3) is 0 Å². The Balaban J connectivity index is 0. The fourth-order valence-corrected chi connectivity index (χ4v) is 3.70. The molecule has 28 heavy (non-hydrogen) atoms. The molecule has 0 heterocycles. The molecule has 3 nitrogen and oxygen atoms in total. The first-order valence-corrected chi connectivity index (χ1v) is 12.1. The van der Waals surface area contributed by atoms with Crippen LogP contribution in [0.4, 0.5) is 0 Å². The summed E-state index contributed by atoms with van der Waals surface area (Å²) < 4.78 is 0. The van der Waals surface area contributed by atoms with Gasteiger partial charge in [0.2, 0.25) is 0 Å². The van der Waals surface area contributed by atoms with Gasteiger partial charge in [-0.15, -0.1) is 0 Å². The van der Waals surface area contributed by atoms with Gasteiger partial charge in [-0.2, -0.15) is 0 Å². The Kier molecular flexibility index (Phi) is 25.9. The molecule has 0 aromatic heterocycles. The van der Waals surface area contributed by atoms with Crippen molar-refractivity contribution < 1.29 is 9.90 Å². The van der Waals surface area contributed by atoms with Crippen LogP contribution in [0.3, 0.4) is 0 Å². The predicted molar refractivity (Wildman–Crippen MR) is 126 cm³/mol. The van der Waals surface area contributed by atoms with Crippen LogP contribution in [0.5, 0.6) is 0 Å². The molecule has 4 heteroatoms. The molecule has 0 spiro atoms. The van der Waals surface area contributed by atoms with Crippen LogP contribution in [-0.4, -0.2) is 53.2 Å². The van der Waals surface area contributed by atoms with Gasteiger partial charge in [-0.25, -0.2) is 0 Å². The van der Waals surface area contributed by atoms with Crippen molar-refractivity contribution in [1.29, 1.82) is 0 Å². The summed E-state index contributed by atoms with van der Waals surface area (Å²) in [6.07, 6.45) is 22.8. The summed E-state index contributed by atoms with van der Waals surface area (Å²) in [5.41, 5.74) is 0. The molecule has 2 N–H and O–H groups in total. The first-order chi connectivity index (χ1) is 13.1. The van der Waals surface area contributed by atoms with E-state index in [9.17, 15) is 9.90 Å². The van der Waals surface area contributed by atoms with Gasteiger partial charge in [0.05, 0.1) is 0 Å². The van der Waals surface area contributed by atoms with E-state index in [1.807, 2.05) is 6.92 Å². The predicted octanol–water partition coefficient (Wildman–Crippen LogP) is 6.69. The van der Waals surface area contributed by atoms with E-state index in [4.69, 9.17) is 0 Å². The summed E-state index contributed by atoms with van der Waals surface area (Å²) in [5, 5.41) is 12.5. The SMILES string of the molecule is CCCCCCCCCCCCCCCCCCNC(C(=O)O)C(C)CC.[NaH]. The van der Waals surface area contributed by atoms with Gasteiger partial charge in [-0.05, 0) is 18.9 Å². The van der Waals surface area contributed by atoms with E-state index in [1.165, 1.54) is 96.3 Å². The third-order valence-corrected chi connectivity index (χ3v) is 5.87. The van der Waals surface area contributed by atoms with Crippen LogP contribution in [0.25, 0.3) is 0 Å². The quantitative estimate of drug-likeness (QED) is 0.165. The van der Waals surface area contributed by atoms with E-state index in [1.54, 1.807) is 0 Å². The van der Waals surface area contributed by atoms with Crippen molar-refractivity contribution in [2.24, 2.45) is 5.92 Å². The molecule has 0 aromatic rings. The fourth-order valence-electron chi connectivity index (χ4n) is 3.70.